The van der Waals surface area contributed by atoms with Gasteiger partial charge in [0.2, 0.25) is 0 Å². The Morgan fingerprint density at radius 2 is 2.11 bits per heavy atom. The normalized spacial score (nSPS) is 21.7. The van der Waals surface area contributed by atoms with Crippen molar-refractivity contribution in [1.82, 2.24) is 24.3 Å². The second-order valence-corrected chi connectivity index (χ2v) is 7.86. The molecule has 0 aliphatic heterocycles. The van der Waals surface area contributed by atoms with Gasteiger partial charge in [-0.3, -0.25) is 4.79 Å². The van der Waals surface area contributed by atoms with Crippen molar-refractivity contribution >= 4 is 11.0 Å². The van der Waals surface area contributed by atoms with E-state index < -0.39 is 5.60 Å². The Bertz CT molecular complexity index is 1110. The molecule has 1 fully saturated rings. The molecule has 7 nitrogen and oxygen atoms in total. The number of aryl methyl sites for hydroxylation is 2. The molecule has 27 heavy (non-hydrogen) atoms. The third-order valence-electron chi connectivity index (χ3n) is 5.94. The molecule has 2 aliphatic carbocycles. The largest absolute Gasteiger partial charge is 0.384 e. The Morgan fingerprint density at radius 1 is 1.30 bits per heavy atom. The van der Waals surface area contributed by atoms with Crippen molar-refractivity contribution in [3.63, 3.8) is 0 Å². The summed E-state index contributed by atoms with van der Waals surface area (Å²) in [5.41, 5.74) is 1.44. The molecule has 1 saturated carbocycles. The van der Waals surface area contributed by atoms with Crippen molar-refractivity contribution in [2.45, 2.75) is 58.1 Å². The molecule has 1 N–H and O–H groups in total. The van der Waals surface area contributed by atoms with E-state index in [2.05, 4.69) is 9.97 Å². The van der Waals surface area contributed by atoms with Crippen LogP contribution in [0, 0.1) is 12.8 Å². The molecule has 5 rings (SSSR count). The Balaban J connectivity index is 1.76. The van der Waals surface area contributed by atoms with Crippen molar-refractivity contribution in [3.05, 3.63) is 45.8 Å². The van der Waals surface area contributed by atoms with E-state index in [1.54, 1.807) is 10.9 Å². The van der Waals surface area contributed by atoms with Crippen LogP contribution in [0.25, 0.3) is 16.9 Å². The fourth-order valence-electron chi connectivity index (χ4n) is 4.06. The lowest BCUT2D eigenvalue weighted by Gasteiger charge is -2.21. The molecule has 0 aromatic carbocycles. The number of hydrogen-bond acceptors (Lipinski definition) is 5. The molecule has 0 saturated heterocycles. The maximum Gasteiger partial charge on any atom is 0.278 e. The first kappa shape index (κ1) is 16.6. The summed E-state index contributed by atoms with van der Waals surface area (Å²) in [4.78, 5) is 26.6. The second kappa shape index (κ2) is 5.73. The summed E-state index contributed by atoms with van der Waals surface area (Å²) >= 11 is 0. The summed E-state index contributed by atoms with van der Waals surface area (Å²) < 4.78 is 3.56. The van der Waals surface area contributed by atoms with Crippen LogP contribution in [0.4, 0.5) is 0 Å². The molecule has 1 atom stereocenters. The summed E-state index contributed by atoms with van der Waals surface area (Å²) in [5.74, 6) is 1.78. The van der Waals surface area contributed by atoms with Crippen LogP contribution in [0.15, 0.2) is 23.1 Å². The number of rotatable bonds is 4. The van der Waals surface area contributed by atoms with E-state index in [-0.39, 0.29) is 5.56 Å². The van der Waals surface area contributed by atoms with Gasteiger partial charge < -0.3 is 5.11 Å². The zero-order chi connectivity index (χ0) is 18.8. The lowest BCUT2D eigenvalue weighted by Crippen LogP contribution is -2.26. The van der Waals surface area contributed by atoms with Crippen molar-refractivity contribution in [2.75, 3.05) is 0 Å². The van der Waals surface area contributed by atoms with Crippen molar-refractivity contribution in [2.24, 2.45) is 5.92 Å². The van der Waals surface area contributed by atoms with Crippen molar-refractivity contribution in [1.29, 1.82) is 0 Å². The molecule has 0 amide bonds. The minimum Gasteiger partial charge on any atom is -0.384 e. The molecule has 7 heteroatoms. The monoisotopic (exact) mass is 365 g/mol. The van der Waals surface area contributed by atoms with Crippen LogP contribution < -0.4 is 5.56 Å². The fourth-order valence-corrected chi connectivity index (χ4v) is 4.06. The average Bonchev–Trinajstić information content (AvgIpc) is 3.38. The van der Waals surface area contributed by atoms with E-state index in [1.165, 1.54) is 0 Å². The van der Waals surface area contributed by atoms with Gasteiger partial charge in [-0.1, -0.05) is 13.0 Å². The van der Waals surface area contributed by atoms with Crippen molar-refractivity contribution in [3.8, 4) is 5.82 Å². The topological polar surface area (TPSA) is 85.8 Å². The zero-order valence-electron chi connectivity index (χ0n) is 15.6. The lowest BCUT2D eigenvalue weighted by atomic mass is 9.98. The molecule has 0 bridgehead atoms. The maximum absolute atomic E-state index is 13.0. The summed E-state index contributed by atoms with van der Waals surface area (Å²) in [6.45, 7) is 4.46. The standard InChI is InChI=1S/C20H23N5O2/c1-3-20(27)9-8-14-6-7-16(23-17(14)20)25-18-15(10-21-12(2)22-18)19(26)24(25)11-13-4-5-13/h6-7,10,13,27H,3-5,8-9,11H2,1-2H3. The third-order valence-corrected chi connectivity index (χ3v) is 5.94. The van der Waals surface area contributed by atoms with Crippen LogP contribution >= 0.6 is 0 Å². The predicted molar refractivity (Wildman–Crippen MR) is 101 cm³/mol. The zero-order valence-corrected chi connectivity index (χ0v) is 15.6. The van der Waals surface area contributed by atoms with Gasteiger partial charge in [0.25, 0.3) is 5.56 Å². The van der Waals surface area contributed by atoms with E-state index in [4.69, 9.17) is 4.98 Å². The van der Waals surface area contributed by atoms with Gasteiger partial charge in [-0.2, -0.15) is 0 Å². The lowest BCUT2D eigenvalue weighted by molar-refractivity contribution is 0.0305. The number of pyridine rings is 1. The van der Waals surface area contributed by atoms with Gasteiger partial charge in [0.1, 0.15) is 16.8 Å². The number of aliphatic hydroxyl groups is 1. The van der Waals surface area contributed by atoms with Crippen molar-refractivity contribution < 1.29 is 5.11 Å². The Morgan fingerprint density at radius 3 is 2.85 bits per heavy atom. The molecule has 0 spiro atoms. The summed E-state index contributed by atoms with van der Waals surface area (Å²) in [7, 11) is 0. The molecular formula is C20H23N5O2. The maximum atomic E-state index is 13.0. The van der Waals surface area contributed by atoms with E-state index in [1.807, 2.05) is 30.7 Å². The molecular weight excluding hydrogens is 342 g/mol. The number of fused-ring (bicyclic) bond motifs is 2. The van der Waals surface area contributed by atoms with Crippen LogP contribution in [-0.2, 0) is 18.6 Å². The molecule has 140 valence electrons. The van der Waals surface area contributed by atoms with Crippen LogP contribution in [0.1, 0.15) is 49.7 Å². The van der Waals surface area contributed by atoms with Gasteiger partial charge in [0.05, 0.1) is 5.69 Å². The molecule has 3 heterocycles. The minimum atomic E-state index is -0.888. The molecule has 1 unspecified atom stereocenters. The molecule has 2 aliphatic rings. The number of nitrogens with zero attached hydrogens (tertiary/aromatic N) is 5. The van der Waals surface area contributed by atoms with E-state index >= 15 is 0 Å². The Kier molecular flexibility index (Phi) is 3.53. The van der Waals surface area contributed by atoms with Crippen LogP contribution in [-0.4, -0.2) is 29.4 Å². The molecule has 3 aromatic heterocycles. The highest BCUT2D eigenvalue weighted by Crippen LogP contribution is 2.38. The first-order chi connectivity index (χ1) is 13.0. The van der Waals surface area contributed by atoms with Gasteiger partial charge in [-0.25, -0.2) is 24.3 Å². The van der Waals surface area contributed by atoms with Gasteiger partial charge in [0, 0.05) is 12.7 Å². The average molecular weight is 365 g/mol. The number of hydrogen-bond donors (Lipinski definition) is 1. The highest BCUT2D eigenvalue weighted by Gasteiger charge is 2.37. The Hall–Kier alpha value is -2.54. The first-order valence-corrected chi connectivity index (χ1v) is 9.68. The molecule has 3 aromatic rings. The predicted octanol–water partition coefficient (Wildman–Crippen LogP) is 2.24. The molecule has 0 radical (unpaired) electrons. The summed E-state index contributed by atoms with van der Waals surface area (Å²) in [6, 6.07) is 3.96. The highest BCUT2D eigenvalue weighted by molar-refractivity contribution is 5.75. The quantitative estimate of drug-likeness (QED) is 0.766. The number of aromatic nitrogens is 5. The smallest absolute Gasteiger partial charge is 0.278 e. The highest BCUT2D eigenvalue weighted by atomic mass is 16.3. The van der Waals surface area contributed by atoms with E-state index in [9.17, 15) is 9.90 Å². The fraction of sp³-hybridized carbons (Fsp3) is 0.500. The Labute approximate surface area is 156 Å². The minimum absolute atomic E-state index is 0.0787. The first-order valence-electron chi connectivity index (χ1n) is 9.68. The summed E-state index contributed by atoms with van der Waals surface area (Å²) in [5, 5.41) is 11.5. The van der Waals surface area contributed by atoms with Gasteiger partial charge in [-0.05, 0) is 56.6 Å². The van der Waals surface area contributed by atoms with Crippen LogP contribution in [0.5, 0.6) is 0 Å². The van der Waals surface area contributed by atoms with E-state index in [0.29, 0.717) is 48.0 Å². The second-order valence-electron chi connectivity index (χ2n) is 7.86. The van der Waals surface area contributed by atoms with Crippen LogP contribution in [0.3, 0.4) is 0 Å². The third kappa shape index (κ3) is 2.52. The van der Waals surface area contributed by atoms with Gasteiger partial charge in [-0.15, -0.1) is 0 Å². The van der Waals surface area contributed by atoms with Gasteiger partial charge >= 0.3 is 0 Å². The van der Waals surface area contributed by atoms with Gasteiger partial charge in [0.15, 0.2) is 11.5 Å². The SMILES string of the molecule is CCC1(O)CCc2ccc(-n3c4nc(C)ncc4c(=O)n3CC3CC3)nc21. The van der Waals surface area contributed by atoms with E-state index in [0.717, 1.165) is 30.5 Å². The summed E-state index contributed by atoms with van der Waals surface area (Å²) in [6.07, 6.45) is 6.04. The van der Waals surface area contributed by atoms with Crippen LogP contribution in [0.2, 0.25) is 0 Å².